The molecule has 0 bridgehead atoms. The summed E-state index contributed by atoms with van der Waals surface area (Å²) >= 11 is 0. The fourth-order valence-electron chi connectivity index (χ4n) is 4.15. The number of rotatable bonds is 6. The van der Waals surface area contributed by atoms with E-state index in [9.17, 15) is 32.3 Å². The maximum Gasteiger partial charge on any atom is 0.425 e. The molecule has 0 saturated heterocycles. The average Bonchev–Trinajstić information content (AvgIpc) is 2.79. The van der Waals surface area contributed by atoms with Gasteiger partial charge in [0.25, 0.3) is 0 Å². The summed E-state index contributed by atoms with van der Waals surface area (Å²) < 4.78 is 63.1. The van der Waals surface area contributed by atoms with Crippen LogP contribution < -0.4 is 15.0 Å². The van der Waals surface area contributed by atoms with Crippen LogP contribution in [0.1, 0.15) is 44.7 Å². The van der Waals surface area contributed by atoms with Crippen LogP contribution in [0.5, 0.6) is 5.75 Å². The summed E-state index contributed by atoms with van der Waals surface area (Å²) in [5.41, 5.74) is -1.45. The van der Waals surface area contributed by atoms with Gasteiger partial charge >= 0.3 is 18.4 Å². The smallest absolute Gasteiger partial charge is 0.425 e. The zero-order chi connectivity index (χ0) is 28.5. The van der Waals surface area contributed by atoms with E-state index in [1.807, 2.05) is 12.1 Å². The Kier molecular flexibility index (Phi) is 7.69. The Morgan fingerprint density at radius 3 is 2.49 bits per heavy atom. The Morgan fingerprint density at radius 1 is 1.13 bits per heavy atom. The highest BCUT2D eigenvalue weighted by Gasteiger charge is 2.36. The minimum absolute atomic E-state index is 0.0198. The maximum absolute atomic E-state index is 13.5. The summed E-state index contributed by atoms with van der Waals surface area (Å²) in [7, 11) is 0. The number of aromatic nitrogens is 1. The normalized spacial score (nSPS) is 17.4. The van der Waals surface area contributed by atoms with Gasteiger partial charge in [0.2, 0.25) is 0 Å². The lowest BCUT2D eigenvalue weighted by atomic mass is 9.89. The minimum Gasteiger partial charge on any atom is -0.490 e. The van der Waals surface area contributed by atoms with Crippen LogP contribution in [0.4, 0.5) is 33.0 Å². The van der Waals surface area contributed by atoms with Crippen LogP contribution in [0.15, 0.2) is 48.7 Å². The van der Waals surface area contributed by atoms with Crippen molar-refractivity contribution in [2.24, 2.45) is 0 Å². The molecule has 1 aromatic heterocycles. The van der Waals surface area contributed by atoms with Crippen LogP contribution in [0.3, 0.4) is 0 Å². The number of imide groups is 1. The minimum atomic E-state index is -4.81. The van der Waals surface area contributed by atoms with E-state index < -0.39 is 35.3 Å². The lowest BCUT2D eigenvalue weighted by Gasteiger charge is -2.36. The van der Waals surface area contributed by atoms with E-state index in [0.717, 1.165) is 17.0 Å². The van der Waals surface area contributed by atoms with Crippen molar-refractivity contribution in [1.82, 2.24) is 10.3 Å². The van der Waals surface area contributed by atoms with E-state index in [1.165, 1.54) is 18.3 Å². The molecule has 4 rings (SSSR count). The Balaban J connectivity index is 1.41. The molecule has 1 heterocycles. The van der Waals surface area contributed by atoms with Crippen LogP contribution in [-0.2, 0) is 17.5 Å². The van der Waals surface area contributed by atoms with Crippen molar-refractivity contribution in [1.29, 1.82) is 0 Å². The number of nitrogens with zero attached hydrogens (tertiary/aromatic N) is 2. The summed E-state index contributed by atoms with van der Waals surface area (Å²) in [6.45, 7) is 5.26. The van der Waals surface area contributed by atoms with Gasteiger partial charge in [0.15, 0.2) is 0 Å². The van der Waals surface area contributed by atoms with Crippen molar-refractivity contribution < 1.29 is 41.7 Å². The first kappa shape index (κ1) is 28.1. The van der Waals surface area contributed by atoms with Crippen LogP contribution in [0.2, 0.25) is 0 Å². The summed E-state index contributed by atoms with van der Waals surface area (Å²) in [5, 5.41) is 14.4. The number of carbonyl (C=O) groups excluding carboxylic acids is 1. The predicted octanol–water partition coefficient (Wildman–Crippen LogP) is 6.51. The number of alkyl halides is 3. The molecular formula is C27H27F4N3O5. The molecular weight excluding hydrogens is 522 g/mol. The summed E-state index contributed by atoms with van der Waals surface area (Å²) in [4.78, 5) is 28.9. The lowest BCUT2D eigenvalue weighted by molar-refractivity contribution is -0.140. The quantitative estimate of drug-likeness (QED) is 0.338. The number of nitrogens with one attached hydrogen (secondary N) is 1. The van der Waals surface area contributed by atoms with Gasteiger partial charge in [-0.05, 0) is 68.8 Å². The Morgan fingerprint density at radius 2 is 1.85 bits per heavy atom. The number of ether oxygens (including phenoxy) is 2. The van der Waals surface area contributed by atoms with Gasteiger partial charge in [-0.25, -0.2) is 19.0 Å². The lowest BCUT2D eigenvalue weighted by Crippen LogP contribution is -2.46. The van der Waals surface area contributed by atoms with E-state index in [0.29, 0.717) is 35.7 Å². The molecule has 0 unspecified atom stereocenters. The van der Waals surface area contributed by atoms with Gasteiger partial charge in [-0.1, -0.05) is 18.2 Å². The number of benzene rings is 2. The number of hydrogen-bond acceptors (Lipinski definition) is 6. The molecule has 1 aliphatic rings. The number of carbonyl (C=O) groups is 2. The Hall–Kier alpha value is -3.93. The number of amides is 2. The molecule has 0 aliphatic heterocycles. The summed E-state index contributed by atoms with van der Waals surface area (Å²) in [6, 6.07) is 9.57. The highest BCUT2D eigenvalue weighted by atomic mass is 19.4. The molecule has 2 N–H and O–H groups in total. The van der Waals surface area contributed by atoms with E-state index in [-0.39, 0.29) is 23.7 Å². The molecule has 2 aromatic carbocycles. The Bertz CT molecular complexity index is 1380. The van der Waals surface area contributed by atoms with Gasteiger partial charge in [-0.15, -0.1) is 0 Å². The third kappa shape index (κ3) is 6.75. The van der Waals surface area contributed by atoms with Crippen LogP contribution in [-0.4, -0.2) is 40.0 Å². The number of fused-ring (bicyclic) bond motifs is 1. The number of halogens is 4. The average molecular weight is 550 g/mol. The fraction of sp³-hybridized carbons (Fsp3) is 0.370. The van der Waals surface area contributed by atoms with Crippen molar-refractivity contribution >= 4 is 28.8 Å². The van der Waals surface area contributed by atoms with Gasteiger partial charge in [-0.3, -0.25) is 0 Å². The summed E-state index contributed by atoms with van der Waals surface area (Å²) in [5.74, 6) is -1.51. The topological polar surface area (TPSA) is 101 Å². The second kappa shape index (κ2) is 10.7. The molecule has 8 nitrogen and oxygen atoms in total. The van der Waals surface area contributed by atoms with E-state index in [2.05, 4.69) is 10.3 Å². The molecule has 0 atom stereocenters. The second-order valence-electron chi connectivity index (χ2n) is 10.2. The van der Waals surface area contributed by atoms with Gasteiger partial charge in [0.1, 0.15) is 29.1 Å². The van der Waals surface area contributed by atoms with Crippen LogP contribution >= 0.6 is 0 Å². The van der Waals surface area contributed by atoms with Crippen molar-refractivity contribution in [3.8, 4) is 5.75 Å². The van der Waals surface area contributed by atoms with Crippen molar-refractivity contribution in [3.05, 3.63) is 65.6 Å². The number of carboxylic acid groups (broad SMARTS) is 1. The monoisotopic (exact) mass is 549 g/mol. The highest BCUT2D eigenvalue weighted by Crippen LogP contribution is 2.35. The zero-order valence-corrected chi connectivity index (χ0v) is 21.4. The third-order valence-corrected chi connectivity index (χ3v) is 6.06. The number of pyridine rings is 1. The Labute approximate surface area is 221 Å². The first-order valence-corrected chi connectivity index (χ1v) is 12.1. The largest absolute Gasteiger partial charge is 0.490 e. The molecule has 12 heteroatoms. The van der Waals surface area contributed by atoms with Crippen molar-refractivity contribution in [3.63, 3.8) is 0 Å². The first-order valence-electron chi connectivity index (χ1n) is 12.1. The molecule has 0 radical (unpaired) electrons. The van der Waals surface area contributed by atoms with E-state index in [1.54, 1.807) is 26.8 Å². The molecule has 1 aliphatic carbocycles. The first-order chi connectivity index (χ1) is 18.2. The molecule has 3 aromatic rings. The molecule has 1 fully saturated rings. The molecule has 39 heavy (non-hydrogen) atoms. The van der Waals surface area contributed by atoms with Crippen LogP contribution in [0.25, 0.3) is 10.8 Å². The number of hydrogen-bond donors (Lipinski definition) is 2. The van der Waals surface area contributed by atoms with E-state index >= 15 is 0 Å². The standard InChI is InChI=1S/C27H27F4N3O5/c1-26(2,3)39-25(37)34(24(35)36)23-12-20-15(5-4-6-16(20)14-33-23)13-32-17-9-19(10-17)38-18-7-8-22(28)21(11-18)27(29,30)31/h4-8,11-12,14,17,19,32H,9-10,13H2,1-3H3,(H,35,36)/t17-,19-. The second-order valence-corrected chi connectivity index (χ2v) is 10.2. The molecule has 0 spiro atoms. The van der Waals surface area contributed by atoms with Gasteiger partial charge in [-0.2, -0.15) is 18.1 Å². The SMILES string of the molecule is CC(C)(C)OC(=O)N(C(=O)O)c1cc2c(CN[C@H]3C[C@H](Oc4ccc(F)c(C(F)(F)F)c4)C3)cccc2cn1. The molecule has 1 saturated carbocycles. The van der Waals surface area contributed by atoms with Crippen LogP contribution in [0, 0.1) is 5.82 Å². The van der Waals surface area contributed by atoms with Crippen molar-refractivity contribution in [2.75, 3.05) is 4.90 Å². The third-order valence-electron chi connectivity index (χ3n) is 6.06. The molecule has 2 amide bonds. The van der Waals surface area contributed by atoms with Gasteiger partial charge < -0.3 is 19.9 Å². The fourth-order valence-corrected chi connectivity index (χ4v) is 4.15. The predicted molar refractivity (Wildman–Crippen MR) is 134 cm³/mol. The number of anilines is 1. The van der Waals surface area contributed by atoms with Gasteiger partial charge in [0.05, 0.1) is 5.56 Å². The zero-order valence-electron chi connectivity index (χ0n) is 21.4. The maximum atomic E-state index is 13.5. The molecule has 208 valence electrons. The van der Waals surface area contributed by atoms with E-state index in [4.69, 9.17) is 9.47 Å². The summed E-state index contributed by atoms with van der Waals surface area (Å²) in [6.07, 6.45) is -5.20. The van der Waals surface area contributed by atoms with Gasteiger partial charge in [0, 0.05) is 24.2 Å². The van der Waals surface area contributed by atoms with Crippen molar-refractivity contribution in [2.45, 2.75) is 64.1 Å². The highest BCUT2D eigenvalue weighted by molar-refractivity contribution is 6.08.